The molecule has 1 N–H and O–H groups in total. The van der Waals surface area contributed by atoms with Gasteiger partial charge in [-0.25, -0.2) is 0 Å². The maximum atomic E-state index is 12.0. The van der Waals surface area contributed by atoms with E-state index in [1.54, 1.807) is 6.07 Å². The first kappa shape index (κ1) is 13.8. The lowest BCUT2D eigenvalue weighted by Crippen LogP contribution is -2.21. The zero-order chi connectivity index (χ0) is 13.8. The van der Waals surface area contributed by atoms with Gasteiger partial charge in [0.05, 0.1) is 12.7 Å². The molecule has 18 heavy (non-hydrogen) atoms. The number of nitrogens with zero attached hydrogens (tertiary/aromatic N) is 1. The Hall–Kier alpha value is -2.23. The van der Waals surface area contributed by atoms with Crippen LogP contribution >= 0.6 is 0 Å². The van der Waals surface area contributed by atoms with Crippen LogP contribution in [0.15, 0.2) is 18.2 Å². The van der Waals surface area contributed by atoms with Crippen LogP contribution in [-0.4, -0.2) is 19.2 Å². The van der Waals surface area contributed by atoms with Gasteiger partial charge in [-0.3, -0.25) is 4.79 Å². The Labute approximate surface area is 101 Å². The highest BCUT2D eigenvalue weighted by Gasteiger charge is 2.31. The number of hydrogen-bond acceptors (Lipinski definition) is 3. The van der Waals surface area contributed by atoms with Crippen LogP contribution < -0.4 is 10.1 Å². The van der Waals surface area contributed by atoms with E-state index in [4.69, 9.17) is 10.00 Å². The molecule has 0 aliphatic carbocycles. The van der Waals surface area contributed by atoms with Crippen LogP contribution in [0.4, 0.5) is 18.9 Å². The molecule has 4 nitrogen and oxygen atoms in total. The molecular formula is C11H9F3N2O2. The van der Waals surface area contributed by atoms with Gasteiger partial charge in [-0.05, 0) is 12.1 Å². The van der Waals surface area contributed by atoms with Crippen LogP contribution in [0.2, 0.25) is 0 Å². The van der Waals surface area contributed by atoms with Gasteiger partial charge in [0, 0.05) is 0 Å². The van der Waals surface area contributed by atoms with E-state index in [0.717, 1.165) is 0 Å². The number of nitrogens with one attached hydrogen (secondary N) is 1. The number of alkyl halides is 3. The normalized spacial score (nSPS) is 10.6. The van der Waals surface area contributed by atoms with E-state index in [1.807, 2.05) is 5.32 Å². The maximum absolute atomic E-state index is 12.0. The lowest BCUT2D eigenvalue weighted by molar-refractivity contribution is -0.150. The highest BCUT2D eigenvalue weighted by Crippen LogP contribution is 2.29. The molecule has 0 aromatic heterocycles. The smallest absolute Gasteiger partial charge is 0.397 e. The fourth-order valence-corrected chi connectivity index (χ4v) is 1.29. The third kappa shape index (κ3) is 3.66. The van der Waals surface area contributed by atoms with E-state index < -0.39 is 18.5 Å². The molecule has 7 heteroatoms. The quantitative estimate of drug-likeness (QED) is 0.905. The second-order valence-corrected chi connectivity index (χ2v) is 3.33. The molecular weight excluding hydrogens is 249 g/mol. The fourth-order valence-electron chi connectivity index (χ4n) is 1.29. The predicted molar refractivity (Wildman–Crippen MR) is 57.0 cm³/mol. The SMILES string of the molecule is COc1cccc(C#N)c1NC(=O)CC(F)(F)F. The van der Waals surface area contributed by atoms with Crippen molar-refractivity contribution in [2.24, 2.45) is 0 Å². The first-order valence-electron chi connectivity index (χ1n) is 4.81. The number of rotatable bonds is 3. The summed E-state index contributed by atoms with van der Waals surface area (Å²) in [6.45, 7) is 0. The largest absolute Gasteiger partial charge is 0.495 e. The van der Waals surface area contributed by atoms with Gasteiger partial charge in [-0.2, -0.15) is 18.4 Å². The number of carbonyl (C=O) groups is 1. The molecule has 1 rings (SSSR count). The summed E-state index contributed by atoms with van der Waals surface area (Å²) >= 11 is 0. The molecule has 0 spiro atoms. The van der Waals surface area contributed by atoms with Crippen molar-refractivity contribution in [1.29, 1.82) is 5.26 Å². The molecule has 0 aliphatic rings. The Morgan fingerprint density at radius 1 is 1.50 bits per heavy atom. The number of amides is 1. The summed E-state index contributed by atoms with van der Waals surface area (Å²) in [4.78, 5) is 11.2. The van der Waals surface area contributed by atoms with Crippen molar-refractivity contribution in [2.45, 2.75) is 12.6 Å². The van der Waals surface area contributed by atoms with Gasteiger partial charge in [-0.15, -0.1) is 0 Å². The number of halogens is 3. The Morgan fingerprint density at radius 3 is 2.67 bits per heavy atom. The van der Waals surface area contributed by atoms with Crippen LogP contribution in [0.1, 0.15) is 12.0 Å². The van der Waals surface area contributed by atoms with E-state index in [0.29, 0.717) is 0 Å². The topological polar surface area (TPSA) is 62.1 Å². The second-order valence-electron chi connectivity index (χ2n) is 3.33. The molecule has 1 aromatic rings. The van der Waals surface area contributed by atoms with Gasteiger partial charge in [-0.1, -0.05) is 6.07 Å². The van der Waals surface area contributed by atoms with Crippen molar-refractivity contribution >= 4 is 11.6 Å². The third-order valence-corrected chi connectivity index (χ3v) is 1.99. The average Bonchev–Trinajstić information content (AvgIpc) is 2.26. The number of carbonyl (C=O) groups excluding carboxylic acids is 1. The molecule has 1 amide bonds. The molecule has 0 bridgehead atoms. The van der Waals surface area contributed by atoms with E-state index >= 15 is 0 Å². The summed E-state index contributed by atoms with van der Waals surface area (Å²) in [6.07, 6.45) is -6.21. The minimum absolute atomic E-state index is 0.0323. The predicted octanol–water partition coefficient (Wildman–Crippen LogP) is 2.46. The summed E-state index contributed by atoms with van der Waals surface area (Å²) in [5.74, 6) is -1.12. The van der Waals surface area contributed by atoms with Gasteiger partial charge < -0.3 is 10.1 Å². The van der Waals surface area contributed by atoms with Crippen molar-refractivity contribution in [2.75, 3.05) is 12.4 Å². The van der Waals surface area contributed by atoms with Crippen LogP contribution in [0.3, 0.4) is 0 Å². The summed E-state index contributed by atoms with van der Waals surface area (Å²) in [5.41, 5.74) is -0.0263. The van der Waals surface area contributed by atoms with E-state index in [9.17, 15) is 18.0 Å². The highest BCUT2D eigenvalue weighted by molar-refractivity contribution is 5.94. The minimum atomic E-state index is -4.60. The van der Waals surface area contributed by atoms with Crippen LogP contribution in [0, 0.1) is 11.3 Å². The maximum Gasteiger partial charge on any atom is 0.397 e. The Morgan fingerprint density at radius 2 is 2.17 bits per heavy atom. The molecule has 1 aromatic carbocycles. The van der Waals surface area contributed by atoms with E-state index in [-0.39, 0.29) is 17.0 Å². The van der Waals surface area contributed by atoms with Gasteiger partial charge in [0.1, 0.15) is 23.9 Å². The van der Waals surface area contributed by atoms with Crippen molar-refractivity contribution < 1.29 is 22.7 Å². The number of ether oxygens (including phenoxy) is 1. The number of nitriles is 1. The van der Waals surface area contributed by atoms with Crippen molar-refractivity contribution in [1.82, 2.24) is 0 Å². The molecule has 0 heterocycles. The molecule has 96 valence electrons. The van der Waals surface area contributed by atoms with E-state index in [1.165, 1.54) is 25.3 Å². The van der Waals surface area contributed by atoms with E-state index in [2.05, 4.69) is 0 Å². The molecule has 0 unspecified atom stereocenters. The number of benzene rings is 1. The second kappa shape index (κ2) is 5.40. The first-order chi connectivity index (χ1) is 8.37. The number of para-hydroxylation sites is 1. The molecule has 0 saturated carbocycles. The third-order valence-electron chi connectivity index (χ3n) is 1.99. The fraction of sp³-hybridized carbons (Fsp3) is 0.273. The van der Waals surface area contributed by atoms with Gasteiger partial charge in [0.25, 0.3) is 0 Å². The number of anilines is 1. The Balaban J connectivity index is 2.97. The van der Waals surface area contributed by atoms with Gasteiger partial charge in [0.15, 0.2) is 0 Å². The lowest BCUT2D eigenvalue weighted by Gasteiger charge is -2.12. The molecule has 0 radical (unpaired) electrons. The van der Waals surface area contributed by atoms with Crippen LogP contribution in [0.25, 0.3) is 0 Å². The molecule has 0 fully saturated rings. The van der Waals surface area contributed by atoms with Crippen LogP contribution in [0.5, 0.6) is 5.75 Å². The summed E-state index contributed by atoms with van der Waals surface area (Å²) in [6, 6.07) is 6.06. The van der Waals surface area contributed by atoms with Gasteiger partial charge >= 0.3 is 6.18 Å². The minimum Gasteiger partial charge on any atom is -0.495 e. The van der Waals surface area contributed by atoms with Crippen molar-refractivity contribution in [3.63, 3.8) is 0 Å². The van der Waals surface area contributed by atoms with Crippen molar-refractivity contribution in [3.05, 3.63) is 23.8 Å². The summed E-state index contributed by atoms with van der Waals surface area (Å²) in [7, 11) is 1.29. The molecule has 0 saturated heterocycles. The Kier molecular flexibility index (Phi) is 4.15. The molecule has 0 atom stereocenters. The highest BCUT2D eigenvalue weighted by atomic mass is 19.4. The Bertz CT molecular complexity index is 492. The van der Waals surface area contributed by atoms with Gasteiger partial charge in [0.2, 0.25) is 5.91 Å². The summed E-state index contributed by atoms with van der Waals surface area (Å²) in [5, 5.41) is 10.8. The molecule has 0 aliphatic heterocycles. The standard InChI is InChI=1S/C11H9F3N2O2/c1-18-8-4-2-3-7(6-15)10(8)16-9(17)5-11(12,13)14/h2-4H,5H2,1H3,(H,16,17). The number of hydrogen-bond donors (Lipinski definition) is 1. The van der Waals surface area contributed by atoms with Crippen LogP contribution in [-0.2, 0) is 4.79 Å². The first-order valence-corrected chi connectivity index (χ1v) is 4.81. The zero-order valence-corrected chi connectivity index (χ0v) is 9.34. The monoisotopic (exact) mass is 258 g/mol. The van der Waals surface area contributed by atoms with Crippen molar-refractivity contribution in [3.8, 4) is 11.8 Å². The zero-order valence-electron chi connectivity index (χ0n) is 9.34. The average molecular weight is 258 g/mol. The summed E-state index contributed by atoms with van der Waals surface area (Å²) < 4.78 is 40.9. The number of methoxy groups -OCH3 is 1. The lowest BCUT2D eigenvalue weighted by atomic mass is 10.1.